The van der Waals surface area contributed by atoms with Gasteiger partial charge in [0.1, 0.15) is 18.0 Å². The number of anilines is 2. The van der Waals surface area contributed by atoms with E-state index in [9.17, 15) is 5.11 Å². The lowest BCUT2D eigenvalue weighted by molar-refractivity contribution is 0.198. The quantitative estimate of drug-likeness (QED) is 0.791. The summed E-state index contributed by atoms with van der Waals surface area (Å²) in [7, 11) is 0. The van der Waals surface area contributed by atoms with Gasteiger partial charge >= 0.3 is 0 Å². The van der Waals surface area contributed by atoms with Crippen molar-refractivity contribution in [2.75, 3.05) is 29.9 Å². The van der Waals surface area contributed by atoms with Crippen molar-refractivity contribution in [1.82, 2.24) is 9.97 Å². The number of aliphatic hydroxyl groups excluding tert-OH is 1. The van der Waals surface area contributed by atoms with Crippen LogP contribution < -0.4 is 10.2 Å². The summed E-state index contributed by atoms with van der Waals surface area (Å²) in [4.78, 5) is 10.5. The van der Waals surface area contributed by atoms with Gasteiger partial charge in [0.05, 0.1) is 6.10 Å². The maximum Gasteiger partial charge on any atom is 0.134 e. The third-order valence-electron chi connectivity index (χ3n) is 2.70. The highest BCUT2D eigenvalue weighted by Gasteiger charge is 2.21. The fourth-order valence-electron chi connectivity index (χ4n) is 1.82. The van der Waals surface area contributed by atoms with Crippen LogP contribution in [0, 0.1) is 0 Å². The molecule has 5 nitrogen and oxygen atoms in total. The minimum Gasteiger partial charge on any atom is -0.391 e. The smallest absolute Gasteiger partial charge is 0.134 e. The highest BCUT2D eigenvalue weighted by atomic mass is 16.3. The van der Waals surface area contributed by atoms with E-state index in [1.165, 1.54) is 0 Å². The number of nitrogens with zero attached hydrogens (tertiary/aromatic N) is 3. The molecule has 2 rings (SSSR count). The predicted molar refractivity (Wildman–Crippen MR) is 63.6 cm³/mol. The van der Waals surface area contributed by atoms with Gasteiger partial charge in [0, 0.05) is 25.7 Å². The van der Waals surface area contributed by atoms with Crippen LogP contribution in [-0.2, 0) is 0 Å². The molecular weight excluding hydrogens is 204 g/mol. The number of nitrogens with one attached hydrogen (secondary N) is 1. The van der Waals surface area contributed by atoms with Crippen molar-refractivity contribution < 1.29 is 5.11 Å². The molecule has 1 aromatic heterocycles. The van der Waals surface area contributed by atoms with Crippen molar-refractivity contribution in [3.8, 4) is 0 Å². The molecule has 0 radical (unpaired) electrons. The first-order valence-corrected chi connectivity index (χ1v) is 5.78. The molecular formula is C11H18N4O. The van der Waals surface area contributed by atoms with Crippen molar-refractivity contribution in [1.29, 1.82) is 0 Å². The molecule has 0 aliphatic carbocycles. The second-order valence-electron chi connectivity index (χ2n) is 4.08. The summed E-state index contributed by atoms with van der Waals surface area (Å²) >= 11 is 0. The van der Waals surface area contributed by atoms with Crippen molar-refractivity contribution in [3.05, 3.63) is 12.4 Å². The van der Waals surface area contributed by atoms with Crippen LogP contribution in [0.1, 0.15) is 19.8 Å². The van der Waals surface area contributed by atoms with Crippen LogP contribution in [0.4, 0.5) is 11.6 Å². The predicted octanol–water partition coefficient (Wildman–Crippen LogP) is 0.869. The lowest BCUT2D eigenvalue weighted by Crippen LogP contribution is -2.22. The molecule has 2 N–H and O–H groups in total. The van der Waals surface area contributed by atoms with E-state index in [2.05, 4.69) is 27.1 Å². The van der Waals surface area contributed by atoms with Crippen LogP contribution in [0.25, 0.3) is 0 Å². The van der Waals surface area contributed by atoms with Gasteiger partial charge in [-0.15, -0.1) is 0 Å². The topological polar surface area (TPSA) is 61.3 Å². The summed E-state index contributed by atoms with van der Waals surface area (Å²) in [5.74, 6) is 1.75. The zero-order valence-electron chi connectivity index (χ0n) is 9.56. The minimum absolute atomic E-state index is 0.220. The molecule has 5 heteroatoms. The summed E-state index contributed by atoms with van der Waals surface area (Å²) in [6, 6.07) is 1.94. The summed E-state index contributed by atoms with van der Waals surface area (Å²) in [5, 5.41) is 12.7. The summed E-state index contributed by atoms with van der Waals surface area (Å²) in [6.07, 6.45) is 3.24. The van der Waals surface area contributed by atoms with Crippen LogP contribution in [-0.4, -0.2) is 40.8 Å². The van der Waals surface area contributed by atoms with Gasteiger partial charge in [0.15, 0.2) is 0 Å². The molecule has 1 unspecified atom stereocenters. The second kappa shape index (κ2) is 5.12. The molecule has 0 amide bonds. The first-order valence-electron chi connectivity index (χ1n) is 5.78. The molecule has 0 aromatic carbocycles. The van der Waals surface area contributed by atoms with Crippen molar-refractivity contribution >= 4 is 11.6 Å². The molecule has 88 valence electrons. The SMILES string of the molecule is CCCNc1cc(N2CCC(O)C2)ncn1. The molecule has 16 heavy (non-hydrogen) atoms. The standard InChI is InChI=1S/C11H18N4O/c1-2-4-12-10-6-11(14-8-13-10)15-5-3-9(16)7-15/h6,8-9,16H,2-5,7H2,1H3,(H,12,13,14). The van der Waals surface area contributed by atoms with E-state index >= 15 is 0 Å². The van der Waals surface area contributed by atoms with Crippen molar-refractivity contribution in [3.63, 3.8) is 0 Å². The third-order valence-corrected chi connectivity index (χ3v) is 2.70. The molecule has 0 saturated carbocycles. The Hall–Kier alpha value is -1.36. The van der Waals surface area contributed by atoms with Crippen molar-refractivity contribution in [2.24, 2.45) is 0 Å². The number of hydrogen-bond acceptors (Lipinski definition) is 5. The molecule has 2 heterocycles. The molecule has 1 aliphatic heterocycles. The Morgan fingerprint density at radius 2 is 2.44 bits per heavy atom. The molecule has 1 saturated heterocycles. The monoisotopic (exact) mass is 222 g/mol. The first-order chi connectivity index (χ1) is 7.79. The van der Waals surface area contributed by atoms with E-state index in [0.717, 1.165) is 37.6 Å². The molecule has 0 bridgehead atoms. The van der Waals surface area contributed by atoms with Gasteiger partial charge in [-0.1, -0.05) is 6.92 Å². The maximum atomic E-state index is 9.47. The van der Waals surface area contributed by atoms with Gasteiger partial charge in [-0.3, -0.25) is 0 Å². The van der Waals surface area contributed by atoms with Gasteiger partial charge in [-0.2, -0.15) is 0 Å². The van der Waals surface area contributed by atoms with Gasteiger partial charge in [-0.25, -0.2) is 9.97 Å². The lowest BCUT2D eigenvalue weighted by atomic mass is 10.3. The van der Waals surface area contributed by atoms with Crippen LogP contribution in [0.2, 0.25) is 0 Å². The second-order valence-corrected chi connectivity index (χ2v) is 4.08. The number of hydrogen-bond donors (Lipinski definition) is 2. The highest BCUT2D eigenvalue weighted by molar-refractivity contribution is 5.49. The molecule has 1 aliphatic rings. The Labute approximate surface area is 95.5 Å². The third kappa shape index (κ3) is 2.61. The van der Waals surface area contributed by atoms with Gasteiger partial charge in [0.2, 0.25) is 0 Å². The zero-order chi connectivity index (χ0) is 11.4. The fraction of sp³-hybridized carbons (Fsp3) is 0.636. The minimum atomic E-state index is -0.220. The molecule has 0 spiro atoms. The average Bonchev–Trinajstić information content (AvgIpc) is 2.74. The molecule has 1 atom stereocenters. The number of β-amino-alcohol motifs (C(OH)–C–C–N with tert-alkyl or cyclic N) is 1. The van der Waals surface area contributed by atoms with Crippen LogP contribution in [0.15, 0.2) is 12.4 Å². The van der Waals surface area contributed by atoms with E-state index in [1.807, 2.05) is 6.07 Å². The normalized spacial score (nSPS) is 20.1. The van der Waals surface area contributed by atoms with E-state index < -0.39 is 0 Å². The van der Waals surface area contributed by atoms with Crippen LogP contribution >= 0.6 is 0 Å². The van der Waals surface area contributed by atoms with Crippen LogP contribution in [0.3, 0.4) is 0 Å². The van der Waals surface area contributed by atoms with E-state index in [-0.39, 0.29) is 6.10 Å². The van der Waals surface area contributed by atoms with Gasteiger partial charge in [0.25, 0.3) is 0 Å². The van der Waals surface area contributed by atoms with Gasteiger partial charge < -0.3 is 15.3 Å². The average molecular weight is 222 g/mol. The van der Waals surface area contributed by atoms with Crippen LogP contribution in [0.5, 0.6) is 0 Å². The molecule has 1 fully saturated rings. The summed E-state index contributed by atoms with van der Waals surface area (Å²) in [6.45, 7) is 4.57. The Kier molecular flexibility index (Phi) is 3.56. The Balaban J connectivity index is 2.04. The number of aliphatic hydroxyl groups is 1. The maximum absolute atomic E-state index is 9.47. The largest absolute Gasteiger partial charge is 0.391 e. The zero-order valence-corrected chi connectivity index (χ0v) is 9.56. The Morgan fingerprint density at radius 3 is 3.12 bits per heavy atom. The number of aromatic nitrogens is 2. The Bertz CT molecular complexity index is 345. The van der Waals surface area contributed by atoms with E-state index in [0.29, 0.717) is 6.54 Å². The summed E-state index contributed by atoms with van der Waals surface area (Å²) < 4.78 is 0. The fourth-order valence-corrected chi connectivity index (χ4v) is 1.82. The van der Waals surface area contributed by atoms with E-state index in [4.69, 9.17) is 0 Å². The number of rotatable bonds is 4. The van der Waals surface area contributed by atoms with Gasteiger partial charge in [-0.05, 0) is 12.8 Å². The first kappa shape index (κ1) is 11.1. The highest BCUT2D eigenvalue weighted by Crippen LogP contribution is 2.19. The lowest BCUT2D eigenvalue weighted by Gasteiger charge is -2.16. The Morgan fingerprint density at radius 1 is 1.56 bits per heavy atom. The molecule has 1 aromatic rings. The van der Waals surface area contributed by atoms with E-state index in [1.54, 1.807) is 6.33 Å². The summed E-state index contributed by atoms with van der Waals surface area (Å²) in [5.41, 5.74) is 0. The van der Waals surface area contributed by atoms with Crippen molar-refractivity contribution in [2.45, 2.75) is 25.9 Å².